The van der Waals surface area contributed by atoms with Crippen LogP contribution in [-0.4, -0.2) is 22.8 Å². The van der Waals surface area contributed by atoms with Crippen LogP contribution in [0, 0.1) is 0 Å². The maximum atomic E-state index is 12.8. The summed E-state index contributed by atoms with van der Waals surface area (Å²) in [5.74, 6) is -1.39. The normalized spacial score (nSPS) is 12.7. The number of nitrogens with two attached hydrogens (primary N) is 1. The van der Waals surface area contributed by atoms with Gasteiger partial charge in [-0.1, -0.05) is 29.8 Å². The molecule has 0 radical (unpaired) electrons. The van der Waals surface area contributed by atoms with E-state index >= 15 is 0 Å². The number of fused-ring (bicyclic) bond motifs is 1. The van der Waals surface area contributed by atoms with Gasteiger partial charge in [0.05, 0.1) is 5.56 Å². The number of alkyl halides is 3. The number of rotatable bonds is 5. The lowest BCUT2D eigenvalue weighted by molar-refractivity contribution is -0.137. The predicted molar refractivity (Wildman–Crippen MR) is 98.9 cm³/mol. The second-order valence-electron chi connectivity index (χ2n) is 6.24. The largest absolute Gasteiger partial charge is 0.416 e. The van der Waals surface area contributed by atoms with Gasteiger partial charge in [-0.25, -0.2) is 0 Å². The molecule has 0 aliphatic rings. The first-order valence-electron chi connectivity index (χ1n) is 8.18. The molecule has 4 N–H and O–H groups in total. The van der Waals surface area contributed by atoms with E-state index in [-0.39, 0.29) is 17.6 Å². The summed E-state index contributed by atoms with van der Waals surface area (Å²) in [5, 5.41) is 3.47. The number of carbonyl (C=O) groups excluding carboxylic acids is 2. The predicted octanol–water partition coefficient (Wildman–Crippen LogP) is 3.67. The fourth-order valence-electron chi connectivity index (χ4n) is 2.74. The molecule has 28 heavy (non-hydrogen) atoms. The molecule has 0 saturated carbocycles. The van der Waals surface area contributed by atoms with Crippen LogP contribution >= 0.6 is 11.6 Å². The van der Waals surface area contributed by atoms with Gasteiger partial charge < -0.3 is 16.0 Å². The number of hydrogen-bond donors (Lipinski definition) is 3. The molecular formula is C19H15ClF3N3O2. The van der Waals surface area contributed by atoms with Crippen LogP contribution in [0.4, 0.5) is 13.2 Å². The third kappa shape index (κ3) is 4.45. The summed E-state index contributed by atoms with van der Waals surface area (Å²) in [6.07, 6.45) is -4.34. The molecule has 5 nitrogen and oxygen atoms in total. The summed E-state index contributed by atoms with van der Waals surface area (Å²) in [7, 11) is 0. The lowest BCUT2D eigenvalue weighted by Crippen LogP contribution is -2.45. The van der Waals surface area contributed by atoms with Crippen LogP contribution in [0.25, 0.3) is 10.9 Å². The van der Waals surface area contributed by atoms with E-state index in [2.05, 4.69) is 10.3 Å². The molecule has 3 aromatic rings. The monoisotopic (exact) mass is 409 g/mol. The molecular weight excluding hydrogens is 395 g/mol. The maximum Gasteiger partial charge on any atom is 0.416 e. The van der Waals surface area contributed by atoms with Gasteiger partial charge >= 0.3 is 6.18 Å². The van der Waals surface area contributed by atoms with Gasteiger partial charge in [-0.2, -0.15) is 13.2 Å². The zero-order valence-corrected chi connectivity index (χ0v) is 15.1. The Bertz CT molecular complexity index is 1030. The third-order valence-electron chi connectivity index (χ3n) is 4.20. The minimum absolute atomic E-state index is 0.0247. The number of primary amides is 1. The quantitative estimate of drug-likeness (QED) is 0.600. The summed E-state index contributed by atoms with van der Waals surface area (Å²) < 4.78 is 38.5. The van der Waals surface area contributed by atoms with E-state index in [0.29, 0.717) is 10.4 Å². The number of aromatic nitrogens is 1. The Labute approximate surface area is 162 Å². The minimum Gasteiger partial charge on any atom is -0.368 e. The molecule has 0 spiro atoms. The zero-order valence-electron chi connectivity index (χ0n) is 14.3. The van der Waals surface area contributed by atoms with Crippen LogP contribution in [0.15, 0.2) is 48.5 Å². The van der Waals surface area contributed by atoms with Gasteiger partial charge in [0.2, 0.25) is 5.91 Å². The van der Waals surface area contributed by atoms with Gasteiger partial charge in [-0.15, -0.1) is 0 Å². The molecule has 0 bridgehead atoms. The van der Waals surface area contributed by atoms with E-state index in [9.17, 15) is 22.8 Å². The molecule has 1 unspecified atom stereocenters. The molecule has 0 fully saturated rings. The number of amides is 2. The summed E-state index contributed by atoms with van der Waals surface area (Å²) >= 11 is 5.82. The second kappa shape index (κ2) is 7.55. The van der Waals surface area contributed by atoms with Crippen LogP contribution in [0.2, 0.25) is 5.02 Å². The number of hydrogen-bond acceptors (Lipinski definition) is 2. The number of benzene rings is 2. The van der Waals surface area contributed by atoms with E-state index in [1.54, 1.807) is 24.3 Å². The van der Waals surface area contributed by atoms with Crippen LogP contribution in [0.1, 0.15) is 21.6 Å². The molecule has 1 heterocycles. The molecule has 9 heteroatoms. The van der Waals surface area contributed by atoms with E-state index in [1.165, 1.54) is 12.1 Å². The first-order chi connectivity index (χ1) is 13.1. The van der Waals surface area contributed by atoms with Crippen molar-refractivity contribution in [3.63, 3.8) is 0 Å². The average molecular weight is 410 g/mol. The molecule has 3 rings (SSSR count). The number of H-pyrrole nitrogens is 1. The Morgan fingerprint density at radius 2 is 1.79 bits per heavy atom. The van der Waals surface area contributed by atoms with Crippen molar-refractivity contribution in [1.82, 2.24) is 10.3 Å². The first-order valence-corrected chi connectivity index (χ1v) is 8.56. The van der Waals surface area contributed by atoms with Crippen LogP contribution in [-0.2, 0) is 17.4 Å². The van der Waals surface area contributed by atoms with Gasteiger partial charge in [-0.05, 0) is 35.9 Å². The minimum atomic E-state index is -4.49. The highest BCUT2D eigenvalue weighted by Gasteiger charge is 2.30. The highest BCUT2D eigenvalue weighted by atomic mass is 35.5. The molecule has 0 aliphatic carbocycles. The smallest absolute Gasteiger partial charge is 0.368 e. The zero-order chi connectivity index (χ0) is 20.5. The number of carbonyl (C=O) groups is 2. The van der Waals surface area contributed by atoms with Gasteiger partial charge in [0.1, 0.15) is 11.7 Å². The van der Waals surface area contributed by atoms with E-state index in [1.807, 2.05) is 0 Å². The summed E-state index contributed by atoms with van der Waals surface area (Å²) in [6, 6.07) is 10.2. The van der Waals surface area contributed by atoms with Gasteiger partial charge in [0, 0.05) is 22.3 Å². The van der Waals surface area contributed by atoms with Crippen LogP contribution < -0.4 is 11.1 Å². The van der Waals surface area contributed by atoms with Crippen molar-refractivity contribution in [1.29, 1.82) is 0 Å². The lowest BCUT2D eigenvalue weighted by Gasteiger charge is -2.15. The molecule has 0 aliphatic heterocycles. The topological polar surface area (TPSA) is 88.0 Å². The van der Waals surface area contributed by atoms with E-state index in [4.69, 9.17) is 17.3 Å². The van der Waals surface area contributed by atoms with Crippen molar-refractivity contribution >= 4 is 34.3 Å². The molecule has 146 valence electrons. The van der Waals surface area contributed by atoms with E-state index < -0.39 is 29.6 Å². The molecule has 2 amide bonds. The SMILES string of the molecule is NC(=O)C(Cc1ccc(Cl)cc1)NC(=O)c1cc2ccc(C(F)(F)F)cc2[nH]1. The molecule has 1 atom stereocenters. The van der Waals surface area contributed by atoms with Gasteiger partial charge in [-0.3, -0.25) is 9.59 Å². The Balaban J connectivity index is 1.79. The second-order valence-corrected chi connectivity index (χ2v) is 6.68. The van der Waals surface area contributed by atoms with Gasteiger partial charge in [0.25, 0.3) is 5.91 Å². The Kier molecular flexibility index (Phi) is 5.33. The number of nitrogens with one attached hydrogen (secondary N) is 2. The fraction of sp³-hybridized carbons (Fsp3) is 0.158. The molecule has 0 saturated heterocycles. The van der Waals surface area contributed by atoms with Crippen molar-refractivity contribution in [2.75, 3.05) is 0 Å². The van der Waals surface area contributed by atoms with Gasteiger partial charge in [0.15, 0.2) is 0 Å². The van der Waals surface area contributed by atoms with E-state index in [0.717, 1.165) is 17.7 Å². The Hall–Kier alpha value is -3.00. The Morgan fingerprint density at radius 3 is 2.39 bits per heavy atom. The lowest BCUT2D eigenvalue weighted by atomic mass is 10.1. The first kappa shape index (κ1) is 19.8. The van der Waals surface area contributed by atoms with Crippen molar-refractivity contribution in [2.45, 2.75) is 18.6 Å². The number of halogens is 4. The molecule has 2 aromatic carbocycles. The standard InChI is InChI=1S/C19H15ClF3N3O2/c20-13-5-1-10(2-6-13)7-15(17(24)27)26-18(28)16-8-11-3-4-12(19(21,22)23)9-14(11)25-16/h1-6,8-9,15,25H,7H2,(H2,24,27)(H,26,28). The van der Waals surface area contributed by atoms with Crippen molar-refractivity contribution in [3.05, 3.63) is 70.4 Å². The number of aromatic amines is 1. The fourth-order valence-corrected chi connectivity index (χ4v) is 2.87. The highest BCUT2D eigenvalue weighted by Crippen LogP contribution is 2.31. The van der Waals surface area contributed by atoms with Crippen LogP contribution in [0.5, 0.6) is 0 Å². The van der Waals surface area contributed by atoms with Crippen molar-refractivity contribution in [2.24, 2.45) is 5.73 Å². The van der Waals surface area contributed by atoms with Crippen LogP contribution in [0.3, 0.4) is 0 Å². The third-order valence-corrected chi connectivity index (χ3v) is 4.45. The maximum absolute atomic E-state index is 12.8. The summed E-state index contributed by atoms with van der Waals surface area (Å²) in [4.78, 5) is 26.8. The molecule has 1 aromatic heterocycles. The van der Waals surface area contributed by atoms with Crippen molar-refractivity contribution in [3.8, 4) is 0 Å². The summed E-state index contributed by atoms with van der Waals surface area (Å²) in [6.45, 7) is 0. The highest BCUT2D eigenvalue weighted by molar-refractivity contribution is 6.30. The van der Waals surface area contributed by atoms with Crippen molar-refractivity contribution < 1.29 is 22.8 Å². The average Bonchev–Trinajstić information content (AvgIpc) is 3.05. The Morgan fingerprint density at radius 1 is 1.11 bits per heavy atom. The summed E-state index contributed by atoms with van der Waals surface area (Å²) in [5.41, 5.74) is 5.46.